The van der Waals surface area contributed by atoms with Crippen LogP contribution in [0.3, 0.4) is 0 Å². The van der Waals surface area contributed by atoms with Gasteiger partial charge in [0.15, 0.2) is 0 Å². The first kappa shape index (κ1) is 21.5. The Hall–Kier alpha value is -2.71. The average Bonchev–Trinajstić information content (AvgIpc) is 3.40. The van der Waals surface area contributed by atoms with Gasteiger partial charge in [0, 0.05) is 56.6 Å². The number of thiophene rings is 1. The molecule has 31 heavy (non-hydrogen) atoms. The molecule has 164 valence electrons. The van der Waals surface area contributed by atoms with Crippen molar-refractivity contribution in [2.75, 3.05) is 26.2 Å². The van der Waals surface area contributed by atoms with E-state index in [9.17, 15) is 9.18 Å². The third kappa shape index (κ3) is 5.32. The molecule has 0 aliphatic carbocycles. The van der Waals surface area contributed by atoms with Crippen molar-refractivity contribution < 1.29 is 13.9 Å². The molecule has 0 spiro atoms. The minimum absolute atomic E-state index is 0.0765. The van der Waals surface area contributed by atoms with Crippen molar-refractivity contribution >= 4 is 17.2 Å². The lowest BCUT2D eigenvalue weighted by Gasteiger charge is -2.34. The van der Waals surface area contributed by atoms with E-state index in [1.165, 1.54) is 29.0 Å². The summed E-state index contributed by atoms with van der Waals surface area (Å²) in [5.41, 5.74) is 3.28. The van der Waals surface area contributed by atoms with Crippen LogP contribution in [0.25, 0.3) is 0 Å². The van der Waals surface area contributed by atoms with E-state index in [2.05, 4.69) is 30.0 Å². The Kier molecular flexibility index (Phi) is 6.67. The highest BCUT2D eigenvalue weighted by Crippen LogP contribution is 2.21. The molecule has 6 nitrogen and oxygen atoms in total. The zero-order valence-corrected chi connectivity index (χ0v) is 18.7. The lowest BCUT2D eigenvalue weighted by molar-refractivity contribution is 0.0633. The number of piperazine rings is 1. The summed E-state index contributed by atoms with van der Waals surface area (Å²) >= 11 is 1.44. The van der Waals surface area contributed by atoms with E-state index in [0.29, 0.717) is 12.4 Å². The highest BCUT2D eigenvalue weighted by atomic mass is 32.1. The van der Waals surface area contributed by atoms with E-state index >= 15 is 0 Å². The highest BCUT2D eigenvalue weighted by Gasteiger charge is 2.24. The molecule has 0 N–H and O–H groups in total. The fraction of sp³-hybridized carbons (Fsp3) is 0.391. The Labute approximate surface area is 185 Å². The van der Waals surface area contributed by atoms with Crippen LogP contribution in [-0.2, 0) is 19.7 Å². The molecule has 4 rings (SSSR count). The second kappa shape index (κ2) is 9.62. The van der Waals surface area contributed by atoms with Gasteiger partial charge in [-0.1, -0.05) is 0 Å². The first-order valence-electron chi connectivity index (χ1n) is 10.5. The van der Waals surface area contributed by atoms with Crippen molar-refractivity contribution in [1.82, 2.24) is 19.6 Å². The van der Waals surface area contributed by atoms with Gasteiger partial charge in [0.1, 0.15) is 18.2 Å². The number of halogens is 1. The number of benzene rings is 1. The van der Waals surface area contributed by atoms with E-state index < -0.39 is 0 Å². The third-order valence-corrected chi connectivity index (χ3v) is 6.48. The number of ether oxygens (including phenoxy) is 1. The zero-order chi connectivity index (χ0) is 21.8. The van der Waals surface area contributed by atoms with Crippen LogP contribution in [0.5, 0.6) is 5.75 Å². The molecular formula is C23H27FN4O2S. The maximum Gasteiger partial charge on any atom is 0.264 e. The standard InChI is InChI=1S/C23H27FN4O2S/c1-3-28-14-19(17(2)25-28)13-26-8-10-27(11-9-26)23(29)22-12-18(16-31-22)15-30-21-6-4-20(24)5-7-21/h4-7,12,14,16H,3,8-11,13,15H2,1-2H3. The molecule has 1 fully saturated rings. The number of aryl methyl sites for hydroxylation is 2. The van der Waals surface area contributed by atoms with Gasteiger partial charge < -0.3 is 9.64 Å². The van der Waals surface area contributed by atoms with Crippen molar-refractivity contribution in [3.05, 3.63) is 69.4 Å². The van der Waals surface area contributed by atoms with Gasteiger partial charge >= 0.3 is 0 Å². The second-order valence-corrected chi connectivity index (χ2v) is 8.64. The fourth-order valence-corrected chi connectivity index (χ4v) is 4.51. The minimum Gasteiger partial charge on any atom is -0.489 e. The quantitative estimate of drug-likeness (QED) is 0.556. The average molecular weight is 443 g/mol. The molecule has 0 atom stereocenters. The molecule has 1 aromatic carbocycles. The van der Waals surface area contributed by atoms with Crippen LogP contribution in [0.2, 0.25) is 0 Å². The van der Waals surface area contributed by atoms with Gasteiger partial charge in [0.05, 0.1) is 10.6 Å². The number of hydrogen-bond donors (Lipinski definition) is 0. The van der Waals surface area contributed by atoms with Crippen LogP contribution >= 0.6 is 11.3 Å². The number of rotatable bonds is 7. The highest BCUT2D eigenvalue weighted by molar-refractivity contribution is 7.12. The summed E-state index contributed by atoms with van der Waals surface area (Å²) in [6, 6.07) is 7.83. The predicted molar refractivity (Wildman–Crippen MR) is 119 cm³/mol. The van der Waals surface area contributed by atoms with E-state index in [1.807, 2.05) is 21.0 Å². The first-order valence-corrected chi connectivity index (χ1v) is 11.4. The maximum absolute atomic E-state index is 13.0. The molecule has 8 heteroatoms. The molecular weight excluding hydrogens is 415 g/mol. The Morgan fingerprint density at radius 3 is 2.61 bits per heavy atom. The molecule has 0 bridgehead atoms. The van der Waals surface area contributed by atoms with Gasteiger partial charge in [0.25, 0.3) is 5.91 Å². The van der Waals surface area contributed by atoms with Crippen molar-refractivity contribution in [1.29, 1.82) is 0 Å². The summed E-state index contributed by atoms with van der Waals surface area (Å²) in [7, 11) is 0. The van der Waals surface area contributed by atoms with Gasteiger partial charge in [-0.2, -0.15) is 5.10 Å². The summed E-state index contributed by atoms with van der Waals surface area (Å²) in [6.45, 7) is 9.40. The molecule has 0 saturated carbocycles. The van der Waals surface area contributed by atoms with Crippen molar-refractivity contribution in [2.24, 2.45) is 0 Å². The monoisotopic (exact) mass is 442 g/mol. The maximum atomic E-state index is 13.0. The topological polar surface area (TPSA) is 50.6 Å². The Bertz CT molecular complexity index is 1020. The largest absolute Gasteiger partial charge is 0.489 e. The molecule has 1 saturated heterocycles. The Morgan fingerprint density at radius 2 is 1.94 bits per heavy atom. The van der Waals surface area contributed by atoms with Crippen molar-refractivity contribution in [2.45, 2.75) is 33.5 Å². The van der Waals surface area contributed by atoms with E-state index in [1.54, 1.807) is 12.1 Å². The Morgan fingerprint density at radius 1 is 1.19 bits per heavy atom. The van der Waals surface area contributed by atoms with Gasteiger partial charge in [-0.15, -0.1) is 11.3 Å². The normalized spacial score (nSPS) is 14.7. The summed E-state index contributed by atoms with van der Waals surface area (Å²) in [5, 5.41) is 6.46. The first-order chi connectivity index (χ1) is 15.0. The van der Waals surface area contributed by atoms with Crippen LogP contribution in [0, 0.1) is 12.7 Å². The number of carbonyl (C=O) groups excluding carboxylic acids is 1. The number of amides is 1. The molecule has 3 heterocycles. The van der Waals surface area contributed by atoms with E-state index in [0.717, 1.165) is 55.4 Å². The molecule has 3 aromatic rings. The minimum atomic E-state index is -0.290. The van der Waals surface area contributed by atoms with Gasteiger partial charge in [-0.05, 0) is 49.6 Å². The lowest BCUT2D eigenvalue weighted by Crippen LogP contribution is -2.48. The van der Waals surface area contributed by atoms with Crippen molar-refractivity contribution in [3.8, 4) is 5.75 Å². The predicted octanol–water partition coefficient (Wildman–Crippen LogP) is 3.95. The van der Waals surface area contributed by atoms with Crippen LogP contribution in [-0.4, -0.2) is 51.7 Å². The van der Waals surface area contributed by atoms with Gasteiger partial charge in [-0.25, -0.2) is 4.39 Å². The zero-order valence-electron chi connectivity index (χ0n) is 17.9. The molecule has 0 unspecified atom stereocenters. The van der Waals surface area contributed by atoms with Crippen molar-refractivity contribution in [3.63, 3.8) is 0 Å². The molecule has 1 aliphatic heterocycles. The Balaban J connectivity index is 1.27. The van der Waals surface area contributed by atoms with E-state index in [4.69, 9.17) is 4.74 Å². The number of hydrogen-bond acceptors (Lipinski definition) is 5. The number of nitrogens with zero attached hydrogens (tertiary/aromatic N) is 4. The summed E-state index contributed by atoms with van der Waals surface area (Å²) in [6.07, 6.45) is 2.12. The number of aromatic nitrogens is 2. The molecule has 2 aromatic heterocycles. The van der Waals surface area contributed by atoms with E-state index in [-0.39, 0.29) is 11.7 Å². The fourth-order valence-electron chi connectivity index (χ4n) is 3.64. The van der Waals surface area contributed by atoms with Crippen LogP contribution in [0.1, 0.15) is 33.4 Å². The van der Waals surface area contributed by atoms with Gasteiger partial charge in [0.2, 0.25) is 0 Å². The van der Waals surface area contributed by atoms with Crippen LogP contribution < -0.4 is 4.74 Å². The summed E-state index contributed by atoms with van der Waals surface area (Å²) in [5.74, 6) is 0.394. The molecule has 1 amide bonds. The van der Waals surface area contributed by atoms with Gasteiger partial charge in [-0.3, -0.25) is 14.4 Å². The smallest absolute Gasteiger partial charge is 0.264 e. The third-order valence-electron chi connectivity index (χ3n) is 5.51. The second-order valence-electron chi connectivity index (χ2n) is 7.73. The van der Waals surface area contributed by atoms with Crippen LogP contribution in [0.15, 0.2) is 41.9 Å². The van der Waals surface area contributed by atoms with Crippen LogP contribution in [0.4, 0.5) is 4.39 Å². The lowest BCUT2D eigenvalue weighted by atomic mass is 10.2. The molecule has 1 aliphatic rings. The SMILES string of the molecule is CCn1cc(CN2CCN(C(=O)c3cc(COc4ccc(F)cc4)cs3)CC2)c(C)n1. The number of carbonyl (C=O) groups is 1. The summed E-state index contributed by atoms with van der Waals surface area (Å²) in [4.78, 5) is 17.9. The molecule has 0 radical (unpaired) electrons. The summed E-state index contributed by atoms with van der Waals surface area (Å²) < 4.78 is 20.6.